The maximum Gasteiger partial charge on any atom is 0.203 e. The third-order valence-electron chi connectivity index (χ3n) is 3.07. The van der Waals surface area contributed by atoms with Gasteiger partial charge in [0, 0.05) is 5.56 Å². The van der Waals surface area contributed by atoms with Gasteiger partial charge in [-0.2, -0.15) is 0 Å². The lowest BCUT2D eigenvalue weighted by Gasteiger charge is -2.19. The van der Waals surface area contributed by atoms with E-state index in [9.17, 15) is 0 Å². The molecule has 0 radical (unpaired) electrons. The minimum Gasteiger partial charge on any atom is -0.493 e. The Morgan fingerprint density at radius 2 is 1.89 bits per heavy atom. The van der Waals surface area contributed by atoms with Crippen molar-refractivity contribution in [1.29, 1.82) is 0 Å². The Hall–Kier alpha value is -1.13. The summed E-state index contributed by atoms with van der Waals surface area (Å²) in [5, 5.41) is -0.198. The van der Waals surface area contributed by atoms with Crippen LogP contribution in [0, 0.1) is 0 Å². The molecule has 2 rings (SSSR count). The molecule has 0 aromatic heterocycles. The van der Waals surface area contributed by atoms with Crippen molar-refractivity contribution in [2.75, 3.05) is 34.5 Å². The first-order valence-electron chi connectivity index (χ1n) is 5.76. The van der Waals surface area contributed by atoms with Gasteiger partial charge in [-0.25, -0.2) is 0 Å². The Morgan fingerprint density at radius 1 is 1.17 bits per heavy atom. The molecule has 18 heavy (non-hydrogen) atoms. The summed E-state index contributed by atoms with van der Waals surface area (Å²) in [5.74, 6) is 1.91. The number of methoxy groups -OCH3 is 3. The molecule has 0 saturated carbocycles. The van der Waals surface area contributed by atoms with Crippen molar-refractivity contribution in [3.8, 4) is 17.2 Å². The molecular weight excluding hydrogens is 256 g/mol. The fraction of sp³-hybridized carbons (Fsp3) is 0.538. The second-order valence-corrected chi connectivity index (χ2v) is 4.53. The standard InChI is InChI=1S/C13H17ClO4/c1-15-11-6-9-8(4-5-18-7-10(9)14)12(16-2)13(11)17-3/h6,10H,4-5,7H2,1-3H3. The first-order valence-corrected chi connectivity index (χ1v) is 6.20. The van der Waals surface area contributed by atoms with E-state index in [2.05, 4.69) is 0 Å². The molecule has 5 heteroatoms. The van der Waals surface area contributed by atoms with Crippen LogP contribution in [0.2, 0.25) is 0 Å². The van der Waals surface area contributed by atoms with Gasteiger partial charge in [-0.1, -0.05) is 0 Å². The van der Waals surface area contributed by atoms with E-state index in [-0.39, 0.29) is 5.38 Å². The van der Waals surface area contributed by atoms with E-state index >= 15 is 0 Å². The molecule has 1 aliphatic rings. The maximum absolute atomic E-state index is 6.33. The molecule has 0 aliphatic carbocycles. The summed E-state index contributed by atoms with van der Waals surface area (Å²) >= 11 is 6.33. The molecule has 1 atom stereocenters. The number of rotatable bonds is 3. The van der Waals surface area contributed by atoms with E-state index in [1.54, 1.807) is 21.3 Å². The molecule has 0 amide bonds. The Bertz CT molecular complexity index is 433. The summed E-state index contributed by atoms with van der Waals surface area (Å²) in [6, 6.07) is 1.91. The number of hydrogen-bond acceptors (Lipinski definition) is 4. The quantitative estimate of drug-likeness (QED) is 0.793. The van der Waals surface area contributed by atoms with Crippen LogP contribution in [0.4, 0.5) is 0 Å². The molecule has 1 unspecified atom stereocenters. The highest BCUT2D eigenvalue weighted by atomic mass is 35.5. The van der Waals surface area contributed by atoms with Crippen LogP contribution in [0.1, 0.15) is 16.5 Å². The summed E-state index contributed by atoms with van der Waals surface area (Å²) < 4.78 is 21.6. The van der Waals surface area contributed by atoms with Crippen molar-refractivity contribution >= 4 is 11.6 Å². The SMILES string of the molecule is COc1cc2c(c(OC)c1OC)CCOCC2Cl. The van der Waals surface area contributed by atoms with Gasteiger partial charge < -0.3 is 18.9 Å². The zero-order valence-corrected chi connectivity index (χ0v) is 11.5. The van der Waals surface area contributed by atoms with Crippen LogP contribution in [-0.4, -0.2) is 34.5 Å². The number of fused-ring (bicyclic) bond motifs is 1. The van der Waals surface area contributed by atoms with Gasteiger partial charge in [-0.15, -0.1) is 11.6 Å². The molecule has 0 spiro atoms. The van der Waals surface area contributed by atoms with E-state index in [1.807, 2.05) is 6.07 Å². The summed E-state index contributed by atoms with van der Waals surface area (Å²) in [5.41, 5.74) is 2.02. The summed E-state index contributed by atoms with van der Waals surface area (Å²) in [4.78, 5) is 0. The van der Waals surface area contributed by atoms with Gasteiger partial charge in [-0.3, -0.25) is 0 Å². The third-order valence-corrected chi connectivity index (χ3v) is 3.43. The lowest BCUT2D eigenvalue weighted by Crippen LogP contribution is -2.04. The molecule has 1 aliphatic heterocycles. The highest BCUT2D eigenvalue weighted by Crippen LogP contribution is 2.45. The van der Waals surface area contributed by atoms with Crippen molar-refractivity contribution in [2.24, 2.45) is 0 Å². The van der Waals surface area contributed by atoms with E-state index in [0.717, 1.165) is 17.5 Å². The lowest BCUT2D eigenvalue weighted by atomic mass is 10.00. The highest BCUT2D eigenvalue weighted by molar-refractivity contribution is 6.21. The Morgan fingerprint density at radius 3 is 2.50 bits per heavy atom. The minimum absolute atomic E-state index is 0.198. The van der Waals surface area contributed by atoms with Crippen molar-refractivity contribution in [1.82, 2.24) is 0 Å². The Labute approximate surface area is 112 Å². The van der Waals surface area contributed by atoms with Gasteiger partial charge in [0.2, 0.25) is 5.75 Å². The van der Waals surface area contributed by atoms with Crippen LogP contribution in [0.5, 0.6) is 17.2 Å². The molecule has 4 nitrogen and oxygen atoms in total. The molecule has 1 heterocycles. The Kier molecular flexibility index (Phi) is 4.19. The second kappa shape index (κ2) is 5.67. The highest BCUT2D eigenvalue weighted by Gasteiger charge is 2.26. The molecular formula is C13H17ClO4. The number of halogens is 1. The van der Waals surface area contributed by atoms with Gasteiger partial charge >= 0.3 is 0 Å². The van der Waals surface area contributed by atoms with Gasteiger partial charge in [-0.05, 0) is 18.1 Å². The lowest BCUT2D eigenvalue weighted by molar-refractivity contribution is 0.143. The first-order chi connectivity index (χ1) is 8.72. The molecule has 0 bridgehead atoms. The summed E-state index contributed by atoms with van der Waals surface area (Å²) in [6.45, 7) is 1.12. The fourth-order valence-electron chi connectivity index (χ4n) is 2.22. The first kappa shape index (κ1) is 13.3. The van der Waals surface area contributed by atoms with Crippen molar-refractivity contribution in [3.05, 3.63) is 17.2 Å². The predicted molar refractivity (Wildman–Crippen MR) is 69.2 cm³/mol. The van der Waals surface area contributed by atoms with E-state index in [1.165, 1.54) is 0 Å². The van der Waals surface area contributed by atoms with Gasteiger partial charge in [0.25, 0.3) is 0 Å². The van der Waals surface area contributed by atoms with Crippen molar-refractivity contribution in [3.63, 3.8) is 0 Å². The van der Waals surface area contributed by atoms with E-state index < -0.39 is 0 Å². The van der Waals surface area contributed by atoms with Crippen LogP contribution < -0.4 is 14.2 Å². The average Bonchev–Trinajstić information content (AvgIpc) is 2.58. The second-order valence-electron chi connectivity index (χ2n) is 4.01. The van der Waals surface area contributed by atoms with Crippen molar-refractivity contribution < 1.29 is 18.9 Å². The molecule has 0 saturated heterocycles. The smallest absolute Gasteiger partial charge is 0.203 e. The number of hydrogen-bond donors (Lipinski definition) is 0. The summed E-state index contributed by atoms with van der Waals surface area (Å²) in [6.07, 6.45) is 0.752. The normalized spacial score (nSPS) is 18.8. The third kappa shape index (κ3) is 2.22. The largest absolute Gasteiger partial charge is 0.493 e. The average molecular weight is 273 g/mol. The number of benzene rings is 1. The zero-order valence-electron chi connectivity index (χ0n) is 10.8. The van der Waals surface area contributed by atoms with Gasteiger partial charge in [0.1, 0.15) is 0 Å². The van der Waals surface area contributed by atoms with Gasteiger partial charge in [0.05, 0.1) is 39.9 Å². The van der Waals surface area contributed by atoms with Crippen LogP contribution >= 0.6 is 11.6 Å². The molecule has 0 fully saturated rings. The monoisotopic (exact) mass is 272 g/mol. The predicted octanol–water partition coefficient (Wildman–Crippen LogP) is 2.57. The topological polar surface area (TPSA) is 36.9 Å². The number of ether oxygens (including phenoxy) is 4. The summed E-state index contributed by atoms with van der Waals surface area (Å²) in [7, 11) is 4.81. The van der Waals surface area contributed by atoms with Gasteiger partial charge in [0.15, 0.2) is 11.5 Å². The molecule has 0 N–H and O–H groups in total. The maximum atomic E-state index is 6.33. The number of alkyl halides is 1. The Balaban J connectivity index is 2.64. The van der Waals surface area contributed by atoms with Crippen LogP contribution in [0.3, 0.4) is 0 Å². The van der Waals surface area contributed by atoms with Crippen molar-refractivity contribution in [2.45, 2.75) is 11.8 Å². The van der Waals surface area contributed by atoms with E-state index in [0.29, 0.717) is 30.5 Å². The molecule has 100 valence electrons. The fourth-order valence-corrected chi connectivity index (χ4v) is 2.51. The van der Waals surface area contributed by atoms with Crippen LogP contribution in [0.15, 0.2) is 6.07 Å². The van der Waals surface area contributed by atoms with E-state index in [4.69, 9.17) is 30.5 Å². The zero-order chi connectivity index (χ0) is 13.1. The minimum atomic E-state index is -0.198. The van der Waals surface area contributed by atoms with Crippen LogP contribution in [-0.2, 0) is 11.2 Å². The molecule has 1 aromatic rings. The molecule has 1 aromatic carbocycles. The van der Waals surface area contributed by atoms with Crippen LogP contribution in [0.25, 0.3) is 0 Å².